The first-order valence-corrected chi connectivity index (χ1v) is 10.0. The molecule has 3 amide bonds. The Morgan fingerprint density at radius 2 is 1.69 bits per heavy atom. The molecule has 0 spiro atoms. The number of primary amides is 1. The molecule has 9 heteroatoms. The number of nitrogens with two attached hydrogens (primary N) is 1. The number of carbonyl (C=O) groups excluding carboxylic acids is 2. The summed E-state index contributed by atoms with van der Waals surface area (Å²) in [4.78, 5) is 23.1. The van der Waals surface area contributed by atoms with E-state index in [-0.39, 0.29) is 11.7 Å². The molecule has 29 heavy (non-hydrogen) atoms. The number of thioether (sulfide) groups is 1. The van der Waals surface area contributed by atoms with Crippen molar-refractivity contribution in [3.05, 3.63) is 54.1 Å². The van der Waals surface area contributed by atoms with Crippen LogP contribution in [0, 0.1) is 6.92 Å². The van der Waals surface area contributed by atoms with Crippen molar-refractivity contribution in [2.75, 3.05) is 16.4 Å². The van der Waals surface area contributed by atoms with Gasteiger partial charge in [-0.1, -0.05) is 36.0 Å². The largest absolute Gasteiger partial charge is 0.351 e. The average molecular weight is 411 g/mol. The lowest BCUT2D eigenvalue weighted by Gasteiger charge is -2.09. The number of urea groups is 1. The Kier molecular flexibility index (Phi) is 6.50. The van der Waals surface area contributed by atoms with Crippen molar-refractivity contribution in [2.45, 2.75) is 25.5 Å². The molecule has 0 radical (unpaired) electrons. The summed E-state index contributed by atoms with van der Waals surface area (Å²) in [7, 11) is 0. The van der Waals surface area contributed by atoms with Gasteiger partial charge in [0.1, 0.15) is 0 Å². The lowest BCUT2D eigenvalue weighted by Crippen LogP contribution is -2.19. The van der Waals surface area contributed by atoms with Crippen molar-refractivity contribution < 1.29 is 9.59 Å². The van der Waals surface area contributed by atoms with Crippen LogP contribution in [0.2, 0.25) is 0 Å². The van der Waals surface area contributed by atoms with Crippen LogP contribution in [0.1, 0.15) is 12.5 Å². The zero-order valence-corrected chi connectivity index (χ0v) is 17.0. The maximum atomic E-state index is 12.3. The van der Waals surface area contributed by atoms with Crippen LogP contribution in [0.4, 0.5) is 16.2 Å². The highest BCUT2D eigenvalue weighted by molar-refractivity contribution is 7.99. The summed E-state index contributed by atoms with van der Waals surface area (Å²) in [6.45, 7) is 4.76. The molecule has 0 saturated carbocycles. The minimum atomic E-state index is -0.636. The van der Waals surface area contributed by atoms with Crippen LogP contribution in [0.15, 0.2) is 53.7 Å². The highest BCUT2D eigenvalue weighted by Crippen LogP contribution is 2.26. The molecular formula is C20H22N6O2S. The lowest BCUT2D eigenvalue weighted by atomic mass is 10.1. The molecule has 2 aromatic carbocycles. The summed E-state index contributed by atoms with van der Waals surface area (Å²) in [6, 6.07) is 14.1. The summed E-state index contributed by atoms with van der Waals surface area (Å²) >= 11 is 1.34. The maximum Gasteiger partial charge on any atom is 0.316 e. The van der Waals surface area contributed by atoms with Crippen molar-refractivity contribution in [1.29, 1.82) is 0 Å². The number of benzene rings is 2. The first-order valence-electron chi connectivity index (χ1n) is 9.06. The summed E-state index contributed by atoms with van der Waals surface area (Å²) < 4.78 is 2.00. The Morgan fingerprint density at radius 3 is 2.31 bits per heavy atom. The van der Waals surface area contributed by atoms with E-state index in [0.717, 1.165) is 17.0 Å². The molecule has 0 aliphatic heterocycles. The zero-order chi connectivity index (χ0) is 20.8. The molecule has 0 aliphatic rings. The number of hydrogen-bond donors (Lipinski definition) is 3. The normalized spacial score (nSPS) is 10.6. The SMILES string of the molecule is CCn1c(SCC(=O)Nc2ccc(NC(N)=O)cc2)nnc1-c1ccccc1C. The maximum absolute atomic E-state index is 12.3. The molecule has 0 bridgehead atoms. The second-order valence-corrected chi connectivity index (χ2v) is 7.21. The molecule has 1 heterocycles. The monoisotopic (exact) mass is 410 g/mol. The summed E-state index contributed by atoms with van der Waals surface area (Å²) in [6.07, 6.45) is 0. The molecular weight excluding hydrogens is 388 g/mol. The third-order valence-electron chi connectivity index (χ3n) is 4.19. The fraction of sp³-hybridized carbons (Fsp3) is 0.200. The van der Waals surface area contributed by atoms with Gasteiger partial charge in [0.25, 0.3) is 0 Å². The van der Waals surface area contributed by atoms with Crippen LogP contribution in [0.5, 0.6) is 0 Å². The third kappa shape index (κ3) is 5.14. The van der Waals surface area contributed by atoms with Crippen LogP contribution in [-0.2, 0) is 11.3 Å². The van der Waals surface area contributed by atoms with E-state index in [1.54, 1.807) is 24.3 Å². The van der Waals surface area contributed by atoms with Gasteiger partial charge in [-0.05, 0) is 43.7 Å². The molecule has 3 rings (SSSR count). The standard InChI is InChI=1S/C20H22N6O2S/c1-3-26-18(16-7-5-4-6-13(16)2)24-25-20(26)29-12-17(27)22-14-8-10-15(11-9-14)23-19(21)28/h4-11H,3,12H2,1-2H3,(H,22,27)(H3,21,23,28). The fourth-order valence-corrected chi connectivity index (χ4v) is 3.61. The number of aryl methyl sites for hydroxylation is 1. The zero-order valence-electron chi connectivity index (χ0n) is 16.2. The van der Waals surface area contributed by atoms with Crippen LogP contribution >= 0.6 is 11.8 Å². The number of amides is 3. The summed E-state index contributed by atoms with van der Waals surface area (Å²) in [5, 5.41) is 14.6. The predicted octanol–water partition coefficient (Wildman–Crippen LogP) is 3.49. The smallest absolute Gasteiger partial charge is 0.316 e. The number of aromatic nitrogens is 3. The molecule has 3 aromatic rings. The van der Waals surface area contributed by atoms with E-state index in [1.165, 1.54) is 11.8 Å². The molecule has 0 fully saturated rings. The highest BCUT2D eigenvalue weighted by atomic mass is 32.2. The van der Waals surface area contributed by atoms with Crippen LogP contribution < -0.4 is 16.4 Å². The minimum absolute atomic E-state index is 0.159. The van der Waals surface area contributed by atoms with Crippen molar-refractivity contribution in [1.82, 2.24) is 14.8 Å². The van der Waals surface area contributed by atoms with E-state index < -0.39 is 6.03 Å². The molecule has 8 nitrogen and oxygen atoms in total. The average Bonchev–Trinajstić information content (AvgIpc) is 3.10. The van der Waals surface area contributed by atoms with Crippen LogP contribution in [0.25, 0.3) is 11.4 Å². The number of nitrogens with one attached hydrogen (secondary N) is 2. The number of anilines is 2. The number of nitrogens with zero attached hydrogens (tertiary/aromatic N) is 3. The van der Waals surface area contributed by atoms with Gasteiger partial charge in [-0.3, -0.25) is 4.79 Å². The van der Waals surface area contributed by atoms with E-state index >= 15 is 0 Å². The van der Waals surface area contributed by atoms with Crippen molar-refractivity contribution in [2.24, 2.45) is 5.73 Å². The molecule has 4 N–H and O–H groups in total. The number of carbonyl (C=O) groups is 2. The topological polar surface area (TPSA) is 115 Å². The Bertz CT molecular complexity index is 1020. The van der Waals surface area contributed by atoms with Crippen molar-refractivity contribution in [3.8, 4) is 11.4 Å². The van der Waals surface area contributed by atoms with E-state index in [4.69, 9.17) is 5.73 Å². The summed E-state index contributed by atoms with van der Waals surface area (Å²) in [5.41, 5.74) is 8.41. The first-order chi connectivity index (χ1) is 14.0. The second-order valence-electron chi connectivity index (χ2n) is 6.27. The van der Waals surface area contributed by atoms with Crippen molar-refractivity contribution in [3.63, 3.8) is 0 Å². The molecule has 0 aliphatic carbocycles. The molecule has 1 aromatic heterocycles. The van der Waals surface area contributed by atoms with Crippen molar-refractivity contribution >= 4 is 35.1 Å². The first kappa shape index (κ1) is 20.4. The van der Waals surface area contributed by atoms with Gasteiger partial charge in [0.15, 0.2) is 11.0 Å². The van der Waals surface area contributed by atoms with Gasteiger partial charge in [0.2, 0.25) is 5.91 Å². The highest BCUT2D eigenvalue weighted by Gasteiger charge is 2.15. The Hall–Kier alpha value is -3.33. The van der Waals surface area contributed by atoms with Gasteiger partial charge in [0, 0.05) is 23.5 Å². The molecule has 150 valence electrons. The van der Waals surface area contributed by atoms with E-state index in [1.807, 2.05) is 42.7 Å². The van der Waals surface area contributed by atoms with Gasteiger partial charge in [-0.2, -0.15) is 0 Å². The van der Waals surface area contributed by atoms with Crippen LogP contribution in [-0.4, -0.2) is 32.5 Å². The van der Waals surface area contributed by atoms with Gasteiger partial charge in [-0.25, -0.2) is 4.79 Å². The summed E-state index contributed by atoms with van der Waals surface area (Å²) in [5.74, 6) is 0.840. The van der Waals surface area contributed by atoms with E-state index in [0.29, 0.717) is 23.1 Å². The van der Waals surface area contributed by atoms with Crippen LogP contribution in [0.3, 0.4) is 0 Å². The van der Waals surface area contributed by atoms with Gasteiger partial charge in [-0.15, -0.1) is 10.2 Å². The van der Waals surface area contributed by atoms with E-state index in [2.05, 4.69) is 20.8 Å². The Morgan fingerprint density at radius 1 is 1.03 bits per heavy atom. The second kappa shape index (κ2) is 9.24. The van der Waals surface area contributed by atoms with Gasteiger partial charge >= 0.3 is 6.03 Å². The molecule has 0 atom stereocenters. The Balaban J connectivity index is 1.63. The van der Waals surface area contributed by atoms with Gasteiger partial charge < -0.3 is 20.9 Å². The molecule has 0 saturated heterocycles. The van der Waals surface area contributed by atoms with Gasteiger partial charge in [0.05, 0.1) is 5.75 Å². The number of rotatable bonds is 7. The minimum Gasteiger partial charge on any atom is -0.351 e. The quantitative estimate of drug-likeness (QED) is 0.516. The van der Waals surface area contributed by atoms with E-state index in [9.17, 15) is 9.59 Å². The Labute approximate surface area is 172 Å². The third-order valence-corrected chi connectivity index (χ3v) is 5.15. The molecule has 0 unspecified atom stereocenters. The lowest BCUT2D eigenvalue weighted by molar-refractivity contribution is -0.113. The fourth-order valence-electron chi connectivity index (χ4n) is 2.81. The predicted molar refractivity (Wildman–Crippen MR) is 115 cm³/mol. The number of hydrogen-bond acceptors (Lipinski definition) is 5.